The molecule has 1 aliphatic rings. The van der Waals surface area contributed by atoms with Crippen LogP contribution in [-0.4, -0.2) is 15.3 Å². The molecule has 3 nitrogen and oxygen atoms in total. The maximum absolute atomic E-state index is 13.0. The fraction of sp³-hybridized carbons (Fsp3) is 0.474. The van der Waals surface area contributed by atoms with Crippen LogP contribution in [0.2, 0.25) is 0 Å². The van der Waals surface area contributed by atoms with Gasteiger partial charge in [-0.3, -0.25) is 9.36 Å². The van der Waals surface area contributed by atoms with Crippen molar-refractivity contribution >= 4 is 22.7 Å². The fourth-order valence-corrected chi connectivity index (χ4v) is 4.09. The van der Waals surface area contributed by atoms with Crippen molar-refractivity contribution in [2.75, 3.05) is 5.75 Å². The zero-order chi connectivity index (χ0) is 16.2. The quantitative estimate of drug-likeness (QED) is 0.455. The van der Waals surface area contributed by atoms with E-state index in [2.05, 4.69) is 6.58 Å². The molecule has 0 saturated heterocycles. The third kappa shape index (κ3) is 3.86. The molecule has 4 heteroatoms. The van der Waals surface area contributed by atoms with Crippen LogP contribution in [0.15, 0.2) is 46.4 Å². The summed E-state index contributed by atoms with van der Waals surface area (Å²) < 4.78 is 1.91. The van der Waals surface area contributed by atoms with Crippen molar-refractivity contribution in [3.05, 3.63) is 46.8 Å². The van der Waals surface area contributed by atoms with E-state index in [1.807, 2.05) is 35.8 Å². The molecule has 1 saturated carbocycles. The van der Waals surface area contributed by atoms with Crippen LogP contribution in [0.5, 0.6) is 0 Å². The van der Waals surface area contributed by atoms with Crippen LogP contribution in [0.3, 0.4) is 0 Å². The number of thioether (sulfide) groups is 1. The fourth-order valence-electron chi connectivity index (χ4n) is 3.23. The summed E-state index contributed by atoms with van der Waals surface area (Å²) in [6.07, 6.45) is 6.36. The first-order valence-electron chi connectivity index (χ1n) is 8.42. The number of benzene rings is 1. The standard InChI is InChI=1S/C19H24N2OS/c1-14(2)13-23-19-20-17-11-7-6-10-16(17)18(22)21(19)12-15-8-4-3-5-9-15/h6-7,10-11,15H,1,3-5,8-9,12-13H2,2H3. The number of rotatable bonds is 5. The molecule has 0 radical (unpaired) electrons. The Balaban J connectivity index is 2.00. The predicted octanol–water partition coefficient (Wildman–Crippen LogP) is 4.65. The molecule has 1 heterocycles. The summed E-state index contributed by atoms with van der Waals surface area (Å²) in [7, 11) is 0. The number of hydrogen-bond donors (Lipinski definition) is 0. The Labute approximate surface area is 141 Å². The van der Waals surface area contributed by atoms with E-state index in [1.54, 1.807) is 11.8 Å². The summed E-state index contributed by atoms with van der Waals surface area (Å²) in [5.74, 6) is 1.41. The predicted molar refractivity (Wildman–Crippen MR) is 98.1 cm³/mol. The van der Waals surface area contributed by atoms with Gasteiger partial charge in [-0.15, -0.1) is 0 Å². The molecular weight excluding hydrogens is 304 g/mol. The number of nitrogens with zero attached hydrogens (tertiary/aromatic N) is 2. The van der Waals surface area contributed by atoms with Gasteiger partial charge in [0.15, 0.2) is 5.16 Å². The summed E-state index contributed by atoms with van der Waals surface area (Å²) in [6, 6.07) is 7.66. The Morgan fingerprint density at radius 2 is 2.04 bits per heavy atom. The van der Waals surface area contributed by atoms with Gasteiger partial charge in [-0.25, -0.2) is 4.98 Å². The van der Waals surface area contributed by atoms with Gasteiger partial charge in [-0.1, -0.05) is 55.3 Å². The molecule has 0 amide bonds. The third-order valence-corrected chi connectivity index (χ3v) is 5.65. The Bertz CT molecular complexity index is 760. The second kappa shape index (κ2) is 7.35. The molecule has 0 unspecified atom stereocenters. The van der Waals surface area contributed by atoms with Crippen LogP contribution in [0, 0.1) is 5.92 Å². The lowest BCUT2D eigenvalue weighted by atomic mass is 9.89. The van der Waals surface area contributed by atoms with Crippen LogP contribution in [0.1, 0.15) is 39.0 Å². The summed E-state index contributed by atoms with van der Waals surface area (Å²) in [5.41, 5.74) is 1.99. The van der Waals surface area contributed by atoms with Gasteiger partial charge in [0.2, 0.25) is 0 Å². The van der Waals surface area contributed by atoms with E-state index in [9.17, 15) is 4.79 Å². The maximum atomic E-state index is 13.0. The van der Waals surface area contributed by atoms with Gasteiger partial charge in [-0.2, -0.15) is 0 Å². The van der Waals surface area contributed by atoms with E-state index in [0.29, 0.717) is 5.92 Å². The smallest absolute Gasteiger partial charge is 0.262 e. The molecule has 1 fully saturated rings. The topological polar surface area (TPSA) is 34.9 Å². The lowest BCUT2D eigenvalue weighted by molar-refractivity contribution is 0.306. The molecule has 0 aliphatic heterocycles. The Hall–Kier alpha value is -1.55. The van der Waals surface area contributed by atoms with Crippen molar-refractivity contribution in [2.24, 2.45) is 5.92 Å². The minimum absolute atomic E-state index is 0.102. The molecule has 3 rings (SSSR count). The molecule has 1 aromatic heterocycles. The second-order valence-electron chi connectivity index (χ2n) is 6.58. The van der Waals surface area contributed by atoms with Gasteiger partial charge in [0.25, 0.3) is 5.56 Å². The minimum Gasteiger partial charge on any atom is -0.287 e. The molecule has 0 spiro atoms. The van der Waals surface area contributed by atoms with Gasteiger partial charge in [0, 0.05) is 12.3 Å². The number of fused-ring (bicyclic) bond motifs is 1. The Morgan fingerprint density at radius 3 is 2.78 bits per heavy atom. The first kappa shape index (κ1) is 16.3. The summed E-state index contributed by atoms with van der Waals surface area (Å²) in [4.78, 5) is 17.7. The SMILES string of the molecule is C=C(C)CSc1nc2ccccc2c(=O)n1CC1CCCCC1. The van der Waals surface area contributed by atoms with Gasteiger partial charge in [-0.05, 0) is 37.8 Å². The Kier molecular flexibility index (Phi) is 5.21. The zero-order valence-corrected chi connectivity index (χ0v) is 14.6. The normalized spacial score (nSPS) is 15.9. The van der Waals surface area contributed by atoms with Crippen LogP contribution in [0.25, 0.3) is 10.9 Å². The molecule has 122 valence electrons. The summed E-state index contributed by atoms with van der Waals surface area (Å²) in [5, 5.41) is 1.56. The van der Waals surface area contributed by atoms with Crippen molar-refractivity contribution in [1.82, 2.24) is 9.55 Å². The van der Waals surface area contributed by atoms with Crippen LogP contribution < -0.4 is 5.56 Å². The number of para-hydroxylation sites is 1. The van der Waals surface area contributed by atoms with Crippen molar-refractivity contribution < 1.29 is 0 Å². The maximum Gasteiger partial charge on any atom is 0.262 e. The highest BCUT2D eigenvalue weighted by Crippen LogP contribution is 2.27. The lowest BCUT2D eigenvalue weighted by Crippen LogP contribution is -2.27. The van der Waals surface area contributed by atoms with E-state index in [4.69, 9.17) is 4.98 Å². The van der Waals surface area contributed by atoms with Crippen LogP contribution >= 0.6 is 11.8 Å². The zero-order valence-electron chi connectivity index (χ0n) is 13.8. The lowest BCUT2D eigenvalue weighted by Gasteiger charge is -2.23. The molecule has 0 atom stereocenters. The van der Waals surface area contributed by atoms with Gasteiger partial charge < -0.3 is 0 Å². The highest BCUT2D eigenvalue weighted by molar-refractivity contribution is 7.99. The average Bonchev–Trinajstić information content (AvgIpc) is 2.57. The van der Waals surface area contributed by atoms with E-state index >= 15 is 0 Å². The van der Waals surface area contributed by atoms with Crippen molar-refractivity contribution in [3.63, 3.8) is 0 Å². The van der Waals surface area contributed by atoms with E-state index < -0.39 is 0 Å². The summed E-state index contributed by atoms with van der Waals surface area (Å²) in [6.45, 7) is 6.78. The summed E-state index contributed by atoms with van der Waals surface area (Å²) >= 11 is 1.63. The highest BCUT2D eigenvalue weighted by Gasteiger charge is 2.18. The number of aromatic nitrogens is 2. The molecule has 2 aromatic rings. The molecule has 1 aliphatic carbocycles. The largest absolute Gasteiger partial charge is 0.287 e. The van der Waals surface area contributed by atoms with Crippen LogP contribution in [0.4, 0.5) is 0 Å². The molecule has 0 N–H and O–H groups in total. The van der Waals surface area contributed by atoms with E-state index in [-0.39, 0.29) is 5.56 Å². The van der Waals surface area contributed by atoms with Crippen molar-refractivity contribution in [1.29, 1.82) is 0 Å². The molecule has 1 aromatic carbocycles. The molecular formula is C19H24N2OS. The highest BCUT2D eigenvalue weighted by atomic mass is 32.2. The number of hydrogen-bond acceptors (Lipinski definition) is 3. The monoisotopic (exact) mass is 328 g/mol. The third-order valence-electron chi connectivity index (χ3n) is 4.44. The first-order valence-corrected chi connectivity index (χ1v) is 9.40. The van der Waals surface area contributed by atoms with Gasteiger partial charge >= 0.3 is 0 Å². The van der Waals surface area contributed by atoms with Crippen molar-refractivity contribution in [2.45, 2.75) is 50.7 Å². The molecule has 0 bridgehead atoms. The van der Waals surface area contributed by atoms with Gasteiger partial charge in [0.1, 0.15) is 0 Å². The van der Waals surface area contributed by atoms with Crippen LogP contribution in [-0.2, 0) is 6.54 Å². The van der Waals surface area contributed by atoms with Gasteiger partial charge in [0.05, 0.1) is 10.9 Å². The minimum atomic E-state index is 0.102. The Morgan fingerprint density at radius 1 is 1.30 bits per heavy atom. The average molecular weight is 328 g/mol. The first-order chi connectivity index (χ1) is 11.1. The molecule has 23 heavy (non-hydrogen) atoms. The van der Waals surface area contributed by atoms with E-state index in [1.165, 1.54) is 32.1 Å². The van der Waals surface area contributed by atoms with E-state index in [0.717, 1.165) is 33.9 Å². The second-order valence-corrected chi connectivity index (χ2v) is 7.52. The van der Waals surface area contributed by atoms with Crippen molar-refractivity contribution in [3.8, 4) is 0 Å².